The molecule has 0 aromatic rings. The van der Waals surface area contributed by atoms with Crippen molar-refractivity contribution in [2.24, 2.45) is 0 Å². The van der Waals surface area contributed by atoms with E-state index in [4.69, 9.17) is 15.7 Å². The van der Waals surface area contributed by atoms with E-state index in [-0.39, 0.29) is 69.9 Å². The Hall–Kier alpha value is 1.77. The average Bonchev–Trinajstić information content (AvgIpc) is 0.722. The third-order valence-corrected chi connectivity index (χ3v) is 0. The summed E-state index contributed by atoms with van der Waals surface area (Å²) in [6.07, 6.45) is 0. The Morgan fingerprint density at radius 2 is 1.12 bits per heavy atom. The molecular formula is H4ClKMnNO4. The zero-order chi connectivity index (χ0) is 4.50. The second-order valence-electron chi connectivity index (χ2n) is 0.378. The molecule has 0 aliphatic carbocycles. The van der Waals surface area contributed by atoms with E-state index in [9.17, 15) is 0 Å². The van der Waals surface area contributed by atoms with E-state index in [2.05, 4.69) is 0 Å². The zero-order valence-electron chi connectivity index (χ0n) is 4.39. The van der Waals surface area contributed by atoms with Crippen LogP contribution in [0, 0.1) is 0 Å². The Bertz CT molecular complexity index is 137. The normalized spacial score (nSPS) is 7.12. The predicted molar refractivity (Wildman–Crippen MR) is 8.04 cm³/mol. The fourth-order valence-electron chi connectivity index (χ4n) is 0. The molecule has 0 unspecified atom stereocenters. The van der Waals surface area contributed by atoms with E-state index in [0.717, 1.165) is 0 Å². The first kappa shape index (κ1) is 22.6. The molecule has 0 radical (unpaired) electrons. The molecule has 0 fully saturated rings. The third kappa shape index (κ3) is 114. The average molecular weight is 212 g/mol. The van der Waals surface area contributed by atoms with Crippen LogP contribution in [0.1, 0.15) is 0 Å². The van der Waals surface area contributed by atoms with Crippen molar-refractivity contribution in [2.75, 3.05) is 0 Å². The predicted octanol–water partition coefficient (Wildman–Crippen LogP) is -7.16. The molecule has 0 saturated carbocycles. The summed E-state index contributed by atoms with van der Waals surface area (Å²) in [6.45, 7) is 0. The maximum absolute atomic E-state index is 8.58. The molecule has 0 rings (SSSR count). The van der Waals surface area contributed by atoms with Crippen molar-refractivity contribution < 1.29 is 92.5 Å². The van der Waals surface area contributed by atoms with Crippen molar-refractivity contribution >= 4 is 0 Å². The Kier molecular flexibility index (Phi) is 24.7. The van der Waals surface area contributed by atoms with Crippen molar-refractivity contribution in [3.8, 4) is 0 Å². The first-order chi connectivity index (χ1) is 2.00. The van der Waals surface area contributed by atoms with Crippen LogP contribution in [0.2, 0.25) is 0 Å². The van der Waals surface area contributed by atoms with Gasteiger partial charge in [-0.15, -0.1) is 0 Å². The molecule has 0 saturated heterocycles. The molecular weight excluding hydrogens is 207 g/mol. The number of quaternary nitrogens is 1. The van der Waals surface area contributed by atoms with Crippen molar-refractivity contribution in [1.29, 1.82) is 0 Å². The molecule has 8 heteroatoms. The maximum atomic E-state index is 8.58. The van der Waals surface area contributed by atoms with Crippen LogP contribution in [-0.2, 0) is 24.5 Å². The Morgan fingerprint density at radius 1 is 1.12 bits per heavy atom. The third-order valence-electron chi connectivity index (χ3n) is 0. The summed E-state index contributed by atoms with van der Waals surface area (Å²) in [5.74, 6) is 0. The summed E-state index contributed by atoms with van der Waals surface area (Å²) in [6, 6.07) is 0. The number of rotatable bonds is 0. The molecule has 0 atom stereocenters. The monoisotopic (exact) mass is 211 g/mol. The molecule has 0 spiro atoms. The van der Waals surface area contributed by atoms with Gasteiger partial charge in [0.2, 0.25) is 0 Å². The summed E-state index contributed by atoms with van der Waals surface area (Å²) < 4.78 is 34.3. The molecule has 0 aromatic heterocycles. The quantitative estimate of drug-likeness (QED) is 0.401. The summed E-state index contributed by atoms with van der Waals surface area (Å²) >= 11 is -5.62. The van der Waals surface area contributed by atoms with E-state index in [1.807, 2.05) is 0 Å². The van der Waals surface area contributed by atoms with Crippen LogP contribution in [0.3, 0.4) is 0 Å². The minimum absolute atomic E-state index is 0. The molecule has 0 bridgehead atoms. The van der Waals surface area contributed by atoms with Crippen molar-refractivity contribution in [1.82, 2.24) is 6.15 Å². The van der Waals surface area contributed by atoms with Crippen LogP contribution >= 0.6 is 0 Å². The van der Waals surface area contributed by atoms with Crippen LogP contribution in [0.5, 0.6) is 0 Å². The Labute approximate surface area is 96.8 Å². The molecule has 0 aromatic carbocycles. The van der Waals surface area contributed by atoms with Gasteiger partial charge in [-0.1, -0.05) is 0 Å². The molecule has 48 valence electrons. The zero-order valence-corrected chi connectivity index (χ0v) is 9.45. The van der Waals surface area contributed by atoms with Gasteiger partial charge in [0.05, 0.1) is 0 Å². The second kappa shape index (κ2) is 8.77. The van der Waals surface area contributed by atoms with Gasteiger partial charge >= 0.3 is 80.0 Å². The van der Waals surface area contributed by atoms with E-state index in [1.54, 1.807) is 0 Å². The number of hydrogen-bond donors (Lipinski definition) is 1. The molecule has 5 nitrogen and oxygen atoms in total. The minimum atomic E-state index is -5.62. The van der Waals surface area contributed by atoms with Crippen LogP contribution in [-0.4, -0.2) is 0 Å². The van der Waals surface area contributed by atoms with Gasteiger partial charge in [-0.05, 0) is 0 Å². The fourth-order valence-corrected chi connectivity index (χ4v) is 0. The second-order valence-corrected chi connectivity index (χ2v) is 1.56. The number of hydrogen-bond acceptors (Lipinski definition) is 4. The first-order valence-corrected chi connectivity index (χ1v) is 2.54. The van der Waals surface area contributed by atoms with Crippen LogP contribution in [0.15, 0.2) is 0 Å². The van der Waals surface area contributed by atoms with Gasteiger partial charge < -0.3 is 18.6 Å². The van der Waals surface area contributed by atoms with Gasteiger partial charge in [-0.25, -0.2) is 0 Å². The van der Waals surface area contributed by atoms with E-state index in [0.29, 0.717) is 0 Å². The summed E-state index contributed by atoms with van der Waals surface area (Å²) in [4.78, 5) is 0. The topological polar surface area (TPSA) is 111 Å². The molecule has 8 heavy (non-hydrogen) atoms. The van der Waals surface area contributed by atoms with Gasteiger partial charge in [0, 0.05) is 0 Å². The van der Waals surface area contributed by atoms with Crippen LogP contribution in [0.25, 0.3) is 0 Å². The SMILES string of the molecule is [Cl-].[K+].[NH4+].[O]=[Mn](=[O])(=[O])[O-]. The van der Waals surface area contributed by atoms with Crippen molar-refractivity contribution in [3.63, 3.8) is 0 Å². The van der Waals surface area contributed by atoms with E-state index < -0.39 is 13.0 Å². The summed E-state index contributed by atoms with van der Waals surface area (Å²) in [5.41, 5.74) is 0. The van der Waals surface area contributed by atoms with E-state index >= 15 is 0 Å². The van der Waals surface area contributed by atoms with Crippen molar-refractivity contribution in [3.05, 3.63) is 0 Å². The molecule has 0 heterocycles. The van der Waals surface area contributed by atoms with Gasteiger partial charge in [0.15, 0.2) is 0 Å². The van der Waals surface area contributed by atoms with E-state index in [1.165, 1.54) is 0 Å². The van der Waals surface area contributed by atoms with Crippen LogP contribution in [0.4, 0.5) is 0 Å². The van der Waals surface area contributed by atoms with Crippen LogP contribution < -0.4 is 74.1 Å². The van der Waals surface area contributed by atoms with Gasteiger partial charge in [-0.3, -0.25) is 0 Å². The Morgan fingerprint density at radius 3 is 1.12 bits per heavy atom. The molecule has 0 aliphatic heterocycles. The van der Waals surface area contributed by atoms with Gasteiger partial charge in [-0.2, -0.15) is 0 Å². The molecule has 0 aliphatic rings. The molecule has 0 amide bonds. The van der Waals surface area contributed by atoms with Gasteiger partial charge in [0.1, 0.15) is 0 Å². The summed E-state index contributed by atoms with van der Waals surface area (Å²) in [5, 5.41) is 0. The summed E-state index contributed by atoms with van der Waals surface area (Å²) in [7, 11) is 0. The number of halogens is 1. The van der Waals surface area contributed by atoms with Crippen molar-refractivity contribution in [2.45, 2.75) is 0 Å². The molecule has 4 N–H and O–H groups in total. The van der Waals surface area contributed by atoms with Gasteiger partial charge in [0.25, 0.3) is 0 Å². The standard InChI is InChI=1S/ClH.K.Mn.H3N.4O/h1H;;;1H3;;;;/q;+1;;;;;;-1. The Balaban J connectivity index is -0.0000000267. The first-order valence-electron chi connectivity index (χ1n) is 0.617. The fraction of sp³-hybridized carbons (Fsp3) is 0.